The first kappa shape index (κ1) is 5.77. The van der Waals surface area contributed by atoms with Gasteiger partial charge in [0.05, 0.1) is 6.04 Å². The third-order valence-electron chi connectivity index (χ3n) is 1.91. The van der Waals surface area contributed by atoms with Gasteiger partial charge in [0, 0.05) is 0 Å². The monoisotopic (exact) mass is 139 g/mol. The second-order valence-corrected chi connectivity index (χ2v) is 2.63. The van der Waals surface area contributed by atoms with E-state index < -0.39 is 0 Å². The Kier molecular flexibility index (Phi) is 1.16. The second-order valence-electron chi connectivity index (χ2n) is 2.63. The van der Waals surface area contributed by atoms with Crippen LogP contribution < -0.4 is 5.32 Å². The van der Waals surface area contributed by atoms with Crippen molar-refractivity contribution in [1.29, 1.82) is 0 Å². The summed E-state index contributed by atoms with van der Waals surface area (Å²) in [4.78, 5) is 10.6. The molecular formula is C7H9NO2. The summed E-state index contributed by atoms with van der Waals surface area (Å²) < 4.78 is 4.93. The predicted molar refractivity (Wildman–Crippen MR) is 35.6 cm³/mol. The molecule has 2 rings (SSSR count). The predicted octanol–water partition coefficient (Wildman–Crippen LogP) is 0.813. The van der Waals surface area contributed by atoms with Gasteiger partial charge < -0.3 is 10.1 Å². The Morgan fingerprint density at radius 1 is 1.70 bits per heavy atom. The molecule has 0 bridgehead atoms. The van der Waals surface area contributed by atoms with Crippen LogP contribution in [0.3, 0.4) is 0 Å². The molecular weight excluding hydrogens is 130 g/mol. The van der Waals surface area contributed by atoms with Crippen LogP contribution >= 0.6 is 0 Å². The average molecular weight is 139 g/mol. The summed E-state index contributed by atoms with van der Waals surface area (Å²) in [5.41, 5.74) is 0. The summed E-state index contributed by atoms with van der Waals surface area (Å²) in [5, 5.41) is 2.74. The molecule has 1 aliphatic heterocycles. The van der Waals surface area contributed by atoms with Gasteiger partial charge in [0.2, 0.25) is 0 Å². The minimum Gasteiger partial charge on any atom is -0.440 e. The molecule has 1 fully saturated rings. The largest absolute Gasteiger partial charge is 0.440 e. The van der Waals surface area contributed by atoms with Gasteiger partial charge in [0.15, 0.2) is 0 Å². The summed E-state index contributed by atoms with van der Waals surface area (Å²) in [6.07, 6.45) is 5.79. The first-order valence-electron chi connectivity index (χ1n) is 3.50. The van der Waals surface area contributed by atoms with E-state index in [9.17, 15) is 4.79 Å². The standard InChI is InChI=1S/C7H9NO2/c9-7-8-5-3-1-2-4-6(5)10-7/h2,4-6H,1,3H2,(H,8,9)/t5-,6+/m1/s1. The van der Waals surface area contributed by atoms with E-state index in [1.807, 2.05) is 6.08 Å². The van der Waals surface area contributed by atoms with Crippen LogP contribution in [0.15, 0.2) is 12.2 Å². The van der Waals surface area contributed by atoms with Crippen LogP contribution in [0.5, 0.6) is 0 Å². The number of carbonyl (C=O) groups excluding carboxylic acids is 1. The second kappa shape index (κ2) is 2.01. The molecule has 1 N–H and O–H groups in total. The van der Waals surface area contributed by atoms with Crippen molar-refractivity contribution in [3.05, 3.63) is 12.2 Å². The molecule has 1 aliphatic carbocycles. The molecule has 2 atom stereocenters. The maximum absolute atomic E-state index is 10.6. The maximum atomic E-state index is 10.6. The zero-order chi connectivity index (χ0) is 6.97. The van der Waals surface area contributed by atoms with Crippen LogP contribution in [0.1, 0.15) is 12.8 Å². The van der Waals surface area contributed by atoms with Gasteiger partial charge in [-0.25, -0.2) is 4.79 Å². The zero-order valence-electron chi connectivity index (χ0n) is 5.54. The summed E-state index contributed by atoms with van der Waals surface area (Å²) >= 11 is 0. The molecule has 2 aliphatic rings. The van der Waals surface area contributed by atoms with E-state index in [1.54, 1.807) is 0 Å². The van der Waals surface area contributed by atoms with Crippen LogP contribution in [0, 0.1) is 0 Å². The zero-order valence-corrected chi connectivity index (χ0v) is 5.54. The number of hydrogen-bond donors (Lipinski definition) is 1. The van der Waals surface area contributed by atoms with Gasteiger partial charge in [-0.1, -0.05) is 6.08 Å². The van der Waals surface area contributed by atoms with Crippen molar-refractivity contribution < 1.29 is 9.53 Å². The fourth-order valence-corrected chi connectivity index (χ4v) is 1.39. The minimum absolute atomic E-state index is 0.00116. The first-order chi connectivity index (χ1) is 4.86. The van der Waals surface area contributed by atoms with E-state index in [0.717, 1.165) is 12.8 Å². The molecule has 0 saturated carbocycles. The van der Waals surface area contributed by atoms with Crippen LogP contribution in [-0.2, 0) is 4.74 Å². The molecule has 0 aromatic heterocycles. The lowest BCUT2D eigenvalue weighted by Crippen LogP contribution is -2.31. The van der Waals surface area contributed by atoms with Gasteiger partial charge in [-0.05, 0) is 18.9 Å². The lowest BCUT2D eigenvalue weighted by Gasteiger charge is -2.15. The lowest BCUT2D eigenvalue weighted by atomic mass is 10.0. The normalized spacial score (nSPS) is 36.6. The van der Waals surface area contributed by atoms with E-state index in [1.165, 1.54) is 0 Å². The fourth-order valence-electron chi connectivity index (χ4n) is 1.39. The number of carbonyl (C=O) groups is 1. The van der Waals surface area contributed by atoms with Crippen molar-refractivity contribution in [3.8, 4) is 0 Å². The van der Waals surface area contributed by atoms with Gasteiger partial charge in [-0.2, -0.15) is 0 Å². The third-order valence-corrected chi connectivity index (χ3v) is 1.91. The number of allylic oxidation sites excluding steroid dienone is 1. The highest BCUT2D eigenvalue weighted by Gasteiger charge is 2.32. The van der Waals surface area contributed by atoms with Crippen molar-refractivity contribution >= 4 is 6.09 Å². The topological polar surface area (TPSA) is 38.3 Å². The van der Waals surface area contributed by atoms with E-state index in [2.05, 4.69) is 11.4 Å². The summed E-state index contributed by atoms with van der Waals surface area (Å²) in [6.45, 7) is 0. The number of amides is 1. The molecule has 3 nitrogen and oxygen atoms in total. The van der Waals surface area contributed by atoms with Crippen LogP contribution in [0.2, 0.25) is 0 Å². The number of nitrogens with one attached hydrogen (secondary N) is 1. The molecule has 0 aromatic rings. The molecule has 10 heavy (non-hydrogen) atoms. The Labute approximate surface area is 59.1 Å². The maximum Gasteiger partial charge on any atom is 0.408 e. The highest BCUT2D eigenvalue weighted by atomic mass is 16.6. The molecule has 1 amide bonds. The Bertz CT molecular complexity index is 188. The number of alkyl carbamates (subject to hydrolysis) is 1. The number of hydrogen-bond acceptors (Lipinski definition) is 2. The van der Waals surface area contributed by atoms with Crippen LogP contribution in [0.25, 0.3) is 0 Å². The third kappa shape index (κ3) is 0.781. The summed E-state index contributed by atoms with van der Waals surface area (Å²) in [6, 6.07) is 0.234. The SMILES string of the molecule is O=C1N[C@@H]2CCC=C[C@@H]2O1. The lowest BCUT2D eigenvalue weighted by molar-refractivity contribution is 0.151. The van der Waals surface area contributed by atoms with Gasteiger partial charge in [0.1, 0.15) is 6.10 Å². The molecule has 1 heterocycles. The van der Waals surface area contributed by atoms with E-state index in [4.69, 9.17) is 4.74 Å². The molecule has 0 radical (unpaired) electrons. The summed E-state index contributed by atoms with van der Waals surface area (Å²) in [7, 11) is 0. The molecule has 1 saturated heterocycles. The van der Waals surface area contributed by atoms with Crippen molar-refractivity contribution in [2.45, 2.75) is 25.0 Å². The van der Waals surface area contributed by atoms with E-state index >= 15 is 0 Å². The van der Waals surface area contributed by atoms with E-state index in [0.29, 0.717) is 0 Å². The van der Waals surface area contributed by atoms with Gasteiger partial charge in [-0.15, -0.1) is 0 Å². The Morgan fingerprint density at radius 3 is 3.40 bits per heavy atom. The molecule has 0 aromatic carbocycles. The van der Waals surface area contributed by atoms with Crippen LogP contribution in [0.4, 0.5) is 4.79 Å². The van der Waals surface area contributed by atoms with Crippen LogP contribution in [-0.4, -0.2) is 18.2 Å². The number of fused-ring (bicyclic) bond motifs is 1. The Morgan fingerprint density at radius 2 is 2.60 bits per heavy atom. The Hall–Kier alpha value is -0.990. The molecule has 0 unspecified atom stereocenters. The smallest absolute Gasteiger partial charge is 0.408 e. The molecule has 3 heteroatoms. The van der Waals surface area contributed by atoms with Gasteiger partial charge in [0.25, 0.3) is 0 Å². The average Bonchev–Trinajstić information content (AvgIpc) is 2.27. The fraction of sp³-hybridized carbons (Fsp3) is 0.571. The van der Waals surface area contributed by atoms with Crippen molar-refractivity contribution in [2.75, 3.05) is 0 Å². The highest BCUT2D eigenvalue weighted by molar-refractivity contribution is 5.70. The minimum atomic E-state index is -0.276. The quantitative estimate of drug-likeness (QED) is 0.504. The molecule has 0 spiro atoms. The van der Waals surface area contributed by atoms with Crippen molar-refractivity contribution in [1.82, 2.24) is 5.32 Å². The van der Waals surface area contributed by atoms with Crippen molar-refractivity contribution in [2.24, 2.45) is 0 Å². The highest BCUT2D eigenvalue weighted by Crippen LogP contribution is 2.19. The van der Waals surface area contributed by atoms with E-state index in [-0.39, 0.29) is 18.2 Å². The van der Waals surface area contributed by atoms with Gasteiger partial charge >= 0.3 is 6.09 Å². The molecule has 54 valence electrons. The Balaban J connectivity index is 2.15. The summed E-state index contributed by atoms with van der Waals surface area (Å²) in [5.74, 6) is 0. The van der Waals surface area contributed by atoms with Gasteiger partial charge in [-0.3, -0.25) is 0 Å². The number of rotatable bonds is 0. The van der Waals surface area contributed by atoms with Crippen molar-refractivity contribution in [3.63, 3.8) is 0 Å². The number of ether oxygens (including phenoxy) is 1. The first-order valence-corrected chi connectivity index (χ1v) is 3.50.